The minimum atomic E-state index is -4.72. The molecule has 0 radical (unpaired) electrons. The Kier molecular flexibility index (Phi) is 4.55. The van der Waals surface area contributed by atoms with Crippen LogP contribution in [0.25, 0.3) is 0 Å². The first-order valence-electron chi connectivity index (χ1n) is 7.36. The van der Waals surface area contributed by atoms with Gasteiger partial charge in [0.1, 0.15) is 18.0 Å². The Morgan fingerprint density at radius 3 is 2.79 bits per heavy atom. The van der Waals surface area contributed by atoms with Crippen LogP contribution in [0.4, 0.5) is 17.6 Å². The topological polar surface area (TPSA) is 54.0 Å². The minimum absolute atomic E-state index is 0.0531. The third-order valence-electron chi connectivity index (χ3n) is 4.17. The highest BCUT2D eigenvalue weighted by atomic mass is 19.4. The molecule has 0 spiro atoms. The summed E-state index contributed by atoms with van der Waals surface area (Å²) in [6.45, 7) is 0.773. The van der Waals surface area contributed by atoms with Gasteiger partial charge in [0, 0.05) is 20.2 Å². The number of methoxy groups -OCH3 is 1. The molecule has 130 valence electrons. The fourth-order valence-corrected chi connectivity index (χ4v) is 2.99. The van der Waals surface area contributed by atoms with E-state index in [9.17, 15) is 17.6 Å². The van der Waals surface area contributed by atoms with Crippen LogP contribution >= 0.6 is 0 Å². The van der Waals surface area contributed by atoms with E-state index < -0.39 is 17.6 Å². The molecule has 2 atom stereocenters. The van der Waals surface area contributed by atoms with E-state index in [0.717, 1.165) is 12.1 Å². The number of alkyl halides is 3. The molecule has 1 aliphatic rings. The predicted octanol–water partition coefficient (Wildman–Crippen LogP) is 2.92. The van der Waals surface area contributed by atoms with Crippen molar-refractivity contribution in [3.63, 3.8) is 0 Å². The highest BCUT2D eigenvalue weighted by molar-refractivity contribution is 5.27. The summed E-state index contributed by atoms with van der Waals surface area (Å²) in [7, 11) is 1.59. The number of benzene rings is 1. The normalized spacial score (nSPS) is 22.2. The Bertz CT molecular complexity index is 689. The Morgan fingerprint density at radius 2 is 2.17 bits per heavy atom. The second-order valence-electron chi connectivity index (χ2n) is 5.72. The maximum atomic E-state index is 13.4. The average Bonchev–Trinajstić information content (AvgIpc) is 3.17. The van der Waals surface area contributed by atoms with Crippen LogP contribution in [-0.4, -0.2) is 39.8 Å². The number of nitrogens with one attached hydrogen (secondary N) is 1. The van der Waals surface area contributed by atoms with Crippen LogP contribution in [0.3, 0.4) is 0 Å². The molecule has 0 amide bonds. The number of hydrogen-bond acceptors (Lipinski definition) is 4. The van der Waals surface area contributed by atoms with Gasteiger partial charge in [-0.1, -0.05) is 6.07 Å². The summed E-state index contributed by atoms with van der Waals surface area (Å²) in [4.78, 5) is 6.07. The van der Waals surface area contributed by atoms with Gasteiger partial charge in [0.2, 0.25) is 0 Å². The second kappa shape index (κ2) is 6.48. The number of H-pyrrole nitrogens is 1. The fraction of sp³-hybridized carbons (Fsp3) is 0.467. The summed E-state index contributed by atoms with van der Waals surface area (Å²) in [5.41, 5.74) is -0.872. The number of ether oxygens (including phenoxy) is 1. The van der Waals surface area contributed by atoms with Crippen LogP contribution in [-0.2, 0) is 17.5 Å². The predicted molar refractivity (Wildman–Crippen MR) is 76.3 cm³/mol. The lowest BCUT2D eigenvalue weighted by atomic mass is 10.1. The zero-order valence-electron chi connectivity index (χ0n) is 12.8. The lowest BCUT2D eigenvalue weighted by Gasteiger charge is -2.22. The standard InChI is InChI=1S/C15H16F4N4O/c1-24-10-5-13(14-20-8-21-22-14)23(7-10)6-9-2-3-12(16)11(4-9)15(17,18)19/h2-4,8,10,13H,5-7H2,1H3,(H,20,21,22)/t10-,13+/m1/s1. The molecule has 1 aromatic heterocycles. The zero-order valence-corrected chi connectivity index (χ0v) is 12.8. The van der Waals surface area contributed by atoms with Gasteiger partial charge in [-0.2, -0.15) is 18.3 Å². The quantitative estimate of drug-likeness (QED) is 0.867. The lowest BCUT2D eigenvalue weighted by molar-refractivity contribution is -0.140. The van der Waals surface area contributed by atoms with Crippen LogP contribution in [0.1, 0.15) is 29.4 Å². The Labute approximate surface area is 135 Å². The largest absolute Gasteiger partial charge is 0.419 e. The zero-order chi connectivity index (χ0) is 17.3. The summed E-state index contributed by atoms with van der Waals surface area (Å²) in [5, 5.41) is 6.60. The molecular formula is C15H16F4N4O. The molecule has 2 aromatic rings. The van der Waals surface area contributed by atoms with Crippen LogP contribution in [0.2, 0.25) is 0 Å². The monoisotopic (exact) mass is 344 g/mol. The Hall–Kier alpha value is -2.00. The highest BCUT2D eigenvalue weighted by Crippen LogP contribution is 2.35. The Morgan fingerprint density at radius 1 is 1.38 bits per heavy atom. The van der Waals surface area contributed by atoms with Gasteiger partial charge in [0.05, 0.1) is 17.7 Å². The number of nitrogens with zero attached hydrogens (tertiary/aromatic N) is 3. The molecule has 3 rings (SSSR count). The first-order chi connectivity index (χ1) is 11.4. The minimum Gasteiger partial charge on any atom is -0.380 e. The van der Waals surface area contributed by atoms with E-state index in [2.05, 4.69) is 15.2 Å². The number of aromatic amines is 1. The van der Waals surface area contributed by atoms with Gasteiger partial charge in [-0.15, -0.1) is 0 Å². The molecule has 5 nitrogen and oxygen atoms in total. The molecule has 1 N–H and O–H groups in total. The molecule has 24 heavy (non-hydrogen) atoms. The second-order valence-corrected chi connectivity index (χ2v) is 5.72. The van der Waals surface area contributed by atoms with Gasteiger partial charge >= 0.3 is 6.18 Å². The lowest BCUT2D eigenvalue weighted by Crippen LogP contribution is -2.25. The van der Waals surface area contributed by atoms with Crippen LogP contribution < -0.4 is 0 Å². The number of likely N-dealkylation sites (tertiary alicyclic amines) is 1. The summed E-state index contributed by atoms with van der Waals surface area (Å²) >= 11 is 0. The van der Waals surface area contributed by atoms with Gasteiger partial charge in [-0.05, 0) is 24.1 Å². The van der Waals surface area contributed by atoms with Crippen molar-refractivity contribution in [2.75, 3.05) is 13.7 Å². The van der Waals surface area contributed by atoms with E-state index in [1.807, 2.05) is 4.90 Å². The van der Waals surface area contributed by atoms with Crippen molar-refractivity contribution in [2.24, 2.45) is 0 Å². The molecule has 0 aliphatic carbocycles. The van der Waals surface area contributed by atoms with Crippen molar-refractivity contribution < 1.29 is 22.3 Å². The Balaban J connectivity index is 1.84. The SMILES string of the molecule is CO[C@@H]1C[C@@H](c2ncn[nH]2)N(Cc2ccc(F)c(C(F)(F)F)c2)C1. The molecule has 2 heterocycles. The third kappa shape index (κ3) is 3.41. The van der Waals surface area contributed by atoms with Crippen LogP contribution in [0.5, 0.6) is 0 Å². The van der Waals surface area contributed by atoms with E-state index in [0.29, 0.717) is 24.4 Å². The molecule has 1 fully saturated rings. The van der Waals surface area contributed by atoms with Crippen molar-refractivity contribution in [2.45, 2.75) is 31.3 Å². The van der Waals surface area contributed by atoms with Crippen molar-refractivity contribution in [1.29, 1.82) is 0 Å². The maximum absolute atomic E-state index is 13.4. The van der Waals surface area contributed by atoms with Gasteiger partial charge in [-0.3, -0.25) is 10.00 Å². The average molecular weight is 344 g/mol. The number of halogens is 4. The van der Waals surface area contributed by atoms with E-state index in [-0.39, 0.29) is 18.7 Å². The van der Waals surface area contributed by atoms with Gasteiger partial charge in [0.25, 0.3) is 0 Å². The molecular weight excluding hydrogens is 328 g/mol. The van der Waals surface area contributed by atoms with E-state index in [1.54, 1.807) is 7.11 Å². The summed E-state index contributed by atoms with van der Waals surface area (Å²) in [5.74, 6) is -0.637. The van der Waals surface area contributed by atoms with Gasteiger partial charge in [-0.25, -0.2) is 9.37 Å². The number of aromatic nitrogens is 3. The highest BCUT2D eigenvalue weighted by Gasteiger charge is 2.37. The summed E-state index contributed by atoms with van der Waals surface area (Å²) in [6, 6.07) is 2.93. The van der Waals surface area contributed by atoms with Gasteiger partial charge in [0.15, 0.2) is 0 Å². The molecule has 1 aliphatic heterocycles. The summed E-state index contributed by atoms with van der Waals surface area (Å²) < 4.78 is 57.4. The molecule has 1 aromatic carbocycles. The van der Waals surface area contributed by atoms with E-state index in [1.165, 1.54) is 12.4 Å². The van der Waals surface area contributed by atoms with Crippen molar-refractivity contribution in [3.05, 3.63) is 47.3 Å². The van der Waals surface area contributed by atoms with Crippen LogP contribution in [0.15, 0.2) is 24.5 Å². The molecule has 9 heteroatoms. The molecule has 0 unspecified atom stereocenters. The third-order valence-corrected chi connectivity index (χ3v) is 4.17. The molecule has 0 bridgehead atoms. The van der Waals surface area contributed by atoms with E-state index >= 15 is 0 Å². The van der Waals surface area contributed by atoms with Crippen molar-refractivity contribution in [3.8, 4) is 0 Å². The van der Waals surface area contributed by atoms with Gasteiger partial charge < -0.3 is 4.74 Å². The number of rotatable bonds is 4. The molecule has 0 saturated carbocycles. The summed E-state index contributed by atoms with van der Waals surface area (Å²) in [6.07, 6.45) is -2.74. The van der Waals surface area contributed by atoms with Crippen molar-refractivity contribution in [1.82, 2.24) is 20.1 Å². The fourth-order valence-electron chi connectivity index (χ4n) is 2.99. The first-order valence-corrected chi connectivity index (χ1v) is 7.36. The van der Waals surface area contributed by atoms with Crippen molar-refractivity contribution >= 4 is 0 Å². The maximum Gasteiger partial charge on any atom is 0.419 e. The smallest absolute Gasteiger partial charge is 0.380 e. The molecule has 1 saturated heterocycles. The first kappa shape index (κ1) is 16.8. The van der Waals surface area contributed by atoms with Crippen LogP contribution in [0, 0.1) is 5.82 Å². The van der Waals surface area contributed by atoms with E-state index in [4.69, 9.17) is 4.74 Å². The number of hydrogen-bond donors (Lipinski definition) is 1.